The summed E-state index contributed by atoms with van der Waals surface area (Å²) in [5, 5.41) is 7.24. The molecule has 8 heteroatoms. The Labute approximate surface area is 102 Å². The van der Waals surface area contributed by atoms with Crippen LogP contribution in [-0.4, -0.2) is 26.6 Å². The van der Waals surface area contributed by atoms with Gasteiger partial charge in [0.1, 0.15) is 4.88 Å². The van der Waals surface area contributed by atoms with E-state index >= 15 is 0 Å². The second-order valence-electron chi connectivity index (χ2n) is 3.51. The van der Waals surface area contributed by atoms with E-state index in [2.05, 4.69) is 25.8 Å². The molecule has 86 valence electrons. The Balaban J connectivity index is 1.79. The van der Waals surface area contributed by atoms with Crippen molar-refractivity contribution in [2.75, 3.05) is 0 Å². The molecule has 1 aliphatic carbocycles. The van der Waals surface area contributed by atoms with Gasteiger partial charge in [0.25, 0.3) is 5.91 Å². The van der Waals surface area contributed by atoms with Crippen molar-refractivity contribution in [1.29, 1.82) is 0 Å². The Morgan fingerprint density at radius 3 is 2.81 bits per heavy atom. The van der Waals surface area contributed by atoms with E-state index in [1.165, 1.54) is 0 Å². The number of carbonyl (C=O) groups is 1. The summed E-state index contributed by atoms with van der Waals surface area (Å²) in [7, 11) is 0. The fraction of sp³-hybridized carbons (Fsp3) is 0.500. The molecule has 1 fully saturated rings. The maximum atomic E-state index is 11.6. The lowest BCUT2D eigenvalue weighted by atomic mass is 10.4. The van der Waals surface area contributed by atoms with E-state index in [4.69, 9.17) is 12.2 Å². The van der Waals surface area contributed by atoms with Gasteiger partial charge >= 0.3 is 0 Å². The Morgan fingerprint density at radius 1 is 1.50 bits per heavy atom. The molecule has 0 unspecified atom stereocenters. The lowest BCUT2D eigenvalue weighted by Crippen LogP contribution is -2.47. The van der Waals surface area contributed by atoms with Gasteiger partial charge < -0.3 is 5.32 Å². The molecule has 0 spiro atoms. The van der Waals surface area contributed by atoms with Crippen LogP contribution in [0, 0.1) is 6.92 Å². The first-order chi connectivity index (χ1) is 7.66. The highest BCUT2D eigenvalue weighted by atomic mass is 32.1. The molecule has 1 heterocycles. The van der Waals surface area contributed by atoms with E-state index in [1.54, 1.807) is 6.92 Å². The highest BCUT2D eigenvalue weighted by molar-refractivity contribution is 7.80. The molecule has 6 nitrogen and oxygen atoms in total. The van der Waals surface area contributed by atoms with E-state index in [0.717, 1.165) is 24.4 Å². The van der Waals surface area contributed by atoms with Gasteiger partial charge in [0.2, 0.25) is 0 Å². The largest absolute Gasteiger partial charge is 0.359 e. The minimum absolute atomic E-state index is 0.271. The normalized spacial score (nSPS) is 14.3. The summed E-state index contributed by atoms with van der Waals surface area (Å²) >= 11 is 6.04. The van der Waals surface area contributed by atoms with Gasteiger partial charge in [-0.2, -0.15) is 0 Å². The van der Waals surface area contributed by atoms with Crippen LogP contribution in [0.25, 0.3) is 0 Å². The molecule has 2 rings (SSSR count). The van der Waals surface area contributed by atoms with Gasteiger partial charge in [-0.15, -0.1) is 5.10 Å². The van der Waals surface area contributed by atoms with Gasteiger partial charge in [0.15, 0.2) is 5.11 Å². The quantitative estimate of drug-likeness (QED) is 0.516. The Morgan fingerprint density at radius 2 is 2.25 bits per heavy atom. The molecule has 0 aromatic carbocycles. The Bertz CT molecular complexity index is 414. The van der Waals surface area contributed by atoms with Crippen molar-refractivity contribution in [3.8, 4) is 0 Å². The van der Waals surface area contributed by atoms with Gasteiger partial charge in [-0.3, -0.25) is 15.6 Å². The van der Waals surface area contributed by atoms with Crippen molar-refractivity contribution < 1.29 is 4.79 Å². The maximum Gasteiger partial charge on any atom is 0.283 e. The molecule has 0 saturated heterocycles. The monoisotopic (exact) mass is 257 g/mol. The zero-order valence-electron chi connectivity index (χ0n) is 8.61. The molecule has 1 aromatic rings. The smallest absolute Gasteiger partial charge is 0.283 e. The first kappa shape index (κ1) is 11.2. The minimum atomic E-state index is -0.271. The summed E-state index contributed by atoms with van der Waals surface area (Å²) < 4.78 is 3.68. The van der Waals surface area contributed by atoms with Crippen LogP contribution in [0.1, 0.15) is 28.2 Å². The average molecular weight is 257 g/mol. The van der Waals surface area contributed by atoms with E-state index in [0.29, 0.717) is 21.7 Å². The fourth-order valence-corrected chi connectivity index (χ4v) is 1.83. The molecule has 0 radical (unpaired) electrons. The number of nitrogens with one attached hydrogen (secondary N) is 3. The molecule has 0 bridgehead atoms. The van der Waals surface area contributed by atoms with Crippen molar-refractivity contribution in [1.82, 2.24) is 25.8 Å². The number of aromatic nitrogens is 2. The lowest BCUT2D eigenvalue weighted by molar-refractivity contribution is 0.0947. The third kappa shape index (κ3) is 2.86. The highest BCUT2D eigenvalue weighted by Crippen LogP contribution is 2.18. The fourth-order valence-electron chi connectivity index (χ4n) is 1.06. The zero-order valence-corrected chi connectivity index (χ0v) is 10.2. The summed E-state index contributed by atoms with van der Waals surface area (Å²) in [6, 6.07) is 0.462. The number of rotatable bonds is 2. The van der Waals surface area contributed by atoms with Crippen LogP contribution in [0.2, 0.25) is 0 Å². The molecule has 1 saturated carbocycles. The lowest BCUT2D eigenvalue weighted by Gasteiger charge is -2.09. The zero-order chi connectivity index (χ0) is 11.5. The summed E-state index contributed by atoms with van der Waals surface area (Å²) in [6.07, 6.45) is 2.27. The summed E-state index contributed by atoms with van der Waals surface area (Å²) in [5.74, 6) is -0.271. The number of thiocarbonyl (C=S) groups is 1. The second kappa shape index (κ2) is 4.71. The van der Waals surface area contributed by atoms with Crippen LogP contribution in [0.15, 0.2) is 0 Å². The van der Waals surface area contributed by atoms with Gasteiger partial charge in [-0.05, 0) is 43.5 Å². The van der Waals surface area contributed by atoms with Gasteiger partial charge in [-0.1, -0.05) is 4.49 Å². The molecule has 1 aliphatic rings. The van der Waals surface area contributed by atoms with Crippen LogP contribution < -0.4 is 16.2 Å². The van der Waals surface area contributed by atoms with Crippen LogP contribution in [-0.2, 0) is 0 Å². The summed E-state index contributed by atoms with van der Waals surface area (Å²) in [4.78, 5) is 12.1. The van der Waals surface area contributed by atoms with Gasteiger partial charge in [-0.25, -0.2) is 0 Å². The molecule has 16 heavy (non-hydrogen) atoms. The minimum Gasteiger partial charge on any atom is -0.359 e. The number of amides is 1. The van der Waals surface area contributed by atoms with Gasteiger partial charge in [0.05, 0.1) is 5.69 Å². The topological polar surface area (TPSA) is 78.9 Å². The van der Waals surface area contributed by atoms with Crippen molar-refractivity contribution in [3.63, 3.8) is 0 Å². The third-order valence-corrected chi connectivity index (χ3v) is 3.11. The van der Waals surface area contributed by atoms with E-state index in [9.17, 15) is 4.79 Å². The van der Waals surface area contributed by atoms with Crippen LogP contribution in [0.3, 0.4) is 0 Å². The van der Waals surface area contributed by atoms with E-state index in [1.807, 2.05) is 0 Å². The van der Waals surface area contributed by atoms with Crippen LogP contribution in [0.4, 0.5) is 0 Å². The van der Waals surface area contributed by atoms with Crippen molar-refractivity contribution in [2.24, 2.45) is 0 Å². The van der Waals surface area contributed by atoms with Crippen LogP contribution in [0.5, 0.6) is 0 Å². The van der Waals surface area contributed by atoms with E-state index in [-0.39, 0.29) is 5.91 Å². The predicted octanol–water partition coefficient (Wildman–Crippen LogP) is 0.118. The molecule has 0 atom stereocenters. The second-order valence-corrected chi connectivity index (χ2v) is 4.68. The van der Waals surface area contributed by atoms with E-state index < -0.39 is 0 Å². The number of hydrogen-bond acceptors (Lipinski definition) is 5. The molecule has 0 aliphatic heterocycles. The number of hydrazine groups is 1. The molecule has 1 aromatic heterocycles. The Kier molecular flexibility index (Phi) is 3.30. The highest BCUT2D eigenvalue weighted by Gasteiger charge is 2.22. The third-order valence-electron chi connectivity index (χ3n) is 2.06. The van der Waals surface area contributed by atoms with Crippen LogP contribution >= 0.6 is 23.8 Å². The Hall–Kier alpha value is -1.28. The number of aryl methyl sites for hydroxylation is 1. The van der Waals surface area contributed by atoms with Gasteiger partial charge in [0, 0.05) is 6.04 Å². The molecular formula is C8H11N5OS2. The first-order valence-corrected chi connectivity index (χ1v) is 6.01. The molecule has 3 N–H and O–H groups in total. The summed E-state index contributed by atoms with van der Waals surface area (Å²) in [6.45, 7) is 1.74. The van der Waals surface area contributed by atoms with Crippen molar-refractivity contribution in [3.05, 3.63) is 10.6 Å². The number of nitrogens with zero attached hydrogens (tertiary/aromatic N) is 2. The van der Waals surface area contributed by atoms with Crippen molar-refractivity contribution in [2.45, 2.75) is 25.8 Å². The standard InChI is InChI=1S/C8H11N5OS2/c1-4-6(16-13-10-4)7(14)11-12-8(15)9-5-2-3-5/h5H,2-3H2,1H3,(H,11,14)(H2,9,12,15). The van der Waals surface area contributed by atoms with Crippen molar-refractivity contribution >= 4 is 34.8 Å². The number of hydrogen-bond donors (Lipinski definition) is 3. The average Bonchev–Trinajstić information content (AvgIpc) is 2.95. The summed E-state index contributed by atoms with van der Waals surface area (Å²) in [5.41, 5.74) is 5.75. The predicted molar refractivity (Wildman–Crippen MR) is 64.0 cm³/mol. The number of carbonyl (C=O) groups excluding carboxylic acids is 1. The first-order valence-electron chi connectivity index (χ1n) is 4.82. The molecule has 1 amide bonds. The maximum absolute atomic E-state index is 11.6. The SMILES string of the molecule is Cc1nnsc1C(=O)NNC(=S)NC1CC1. The molecular weight excluding hydrogens is 246 g/mol.